The molecule has 3 N–H and O–H groups in total. The van der Waals surface area contributed by atoms with Gasteiger partial charge in [0.25, 0.3) is 0 Å². The van der Waals surface area contributed by atoms with Gasteiger partial charge in [-0.05, 0) is 19.8 Å². The van der Waals surface area contributed by atoms with Gasteiger partial charge < -0.3 is 9.84 Å². The number of nitrogens with one attached hydrogen (secondary N) is 1. The van der Waals surface area contributed by atoms with E-state index in [2.05, 4.69) is 15.4 Å². The first-order valence-corrected chi connectivity index (χ1v) is 6.19. The number of nitrogens with zero attached hydrogens (tertiary/aromatic N) is 2. The van der Waals surface area contributed by atoms with E-state index in [0.29, 0.717) is 23.5 Å². The molecular weight excluding hydrogens is 216 g/mol. The summed E-state index contributed by atoms with van der Waals surface area (Å²) in [6.07, 6.45) is 6.09. The van der Waals surface area contributed by atoms with Crippen molar-refractivity contribution in [1.82, 2.24) is 10.4 Å². The lowest BCUT2D eigenvalue weighted by Gasteiger charge is -2.18. The molecule has 0 aliphatic heterocycles. The molecule has 1 saturated carbocycles. The Morgan fingerprint density at radius 3 is 2.59 bits per heavy atom. The molecule has 1 aliphatic rings. The van der Waals surface area contributed by atoms with Crippen LogP contribution < -0.4 is 11.3 Å². The largest absolute Gasteiger partial charge is 0.437 e. The minimum atomic E-state index is 0.361. The van der Waals surface area contributed by atoms with Gasteiger partial charge in [-0.1, -0.05) is 19.3 Å². The lowest BCUT2D eigenvalue weighted by Crippen LogP contribution is -2.33. The summed E-state index contributed by atoms with van der Waals surface area (Å²) in [5, 5.41) is 0. The van der Waals surface area contributed by atoms with Crippen LogP contribution in [-0.4, -0.2) is 16.9 Å². The van der Waals surface area contributed by atoms with E-state index < -0.39 is 0 Å². The first kappa shape index (κ1) is 12.1. The standard InChI is InChI=1S/C12H20N4O/c1-8-11(17-9(2)14-8)12(16-13)15-10-6-4-3-5-7-10/h10H,3-7,13H2,1-2H3,(H,15,16). The van der Waals surface area contributed by atoms with Crippen molar-refractivity contribution >= 4 is 5.84 Å². The molecule has 2 rings (SSSR count). The Labute approximate surface area is 101 Å². The molecular formula is C12H20N4O. The highest BCUT2D eigenvalue weighted by Gasteiger charge is 2.17. The molecule has 1 fully saturated rings. The number of amidine groups is 1. The van der Waals surface area contributed by atoms with Crippen molar-refractivity contribution in [2.75, 3.05) is 0 Å². The van der Waals surface area contributed by atoms with E-state index in [-0.39, 0.29) is 0 Å². The monoisotopic (exact) mass is 236 g/mol. The molecule has 1 aromatic rings. The number of oxazole rings is 1. The number of aliphatic imine (C=N–C) groups is 1. The van der Waals surface area contributed by atoms with Crippen LogP contribution in [0.1, 0.15) is 49.4 Å². The van der Waals surface area contributed by atoms with Crippen molar-refractivity contribution < 1.29 is 4.42 Å². The molecule has 0 bridgehead atoms. The maximum absolute atomic E-state index is 5.53. The molecule has 5 nitrogen and oxygen atoms in total. The highest BCUT2D eigenvalue weighted by atomic mass is 16.4. The molecule has 1 aromatic heterocycles. The Bertz CT molecular complexity index is 405. The van der Waals surface area contributed by atoms with Gasteiger partial charge in [0, 0.05) is 6.92 Å². The van der Waals surface area contributed by atoms with Crippen molar-refractivity contribution in [1.29, 1.82) is 0 Å². The second-order valence-corrected chi connectivity index (χ2v) is 4.56. The molecule has 0 saturated heterocycles. The highest BCUT2D eigenvalue weighted by molar-refractivity contribution is 5.96. The van der Waals surface area contributed by atoms with Gasteiger partial charge in [-0.15, -0.1) is 0 Å². The molecule has 0 radical (unpaired) electrons. The zero-order valence-corrected chi connectivity index (χ0v) is 10.5. The van der Waals surface area contributed by atoms with Gasteiger partial charge in [0.2, 0.25) is 0 Å². The Morgan fingerprint density at radius 2 is 2.06 bits per heavy atom. The van der Waals surface area contributed by atoms with Crippen molar-refractivity contribution in [3.05, 3.63) is 17.3 Å². The Morgan fingerprint density at radius 1 is 1.35 bits per heavy atom. The van der Waals surface area contributed by atoms with Crippen LogP contribution >= 0.6 is 0 Å². The number of hydrazine groups is 1. The van der Waals surface area contributed by atoms with Crippen LogP contribution in [0.4, 0.5) is 0 Å². The van der Waals surface area contributed by atoms with E-state index in [1.54, 1.807) is 0 Å². The SMILES string of the molecule is Cc1nc(C)c(C(=NC2CCCCC2)NN)o1. The molecule has 5 heteroatoms. The lowest BCUT2D eigenvalue weighted by molar-refractivity contribution is 0.440. The predicted molar refractivity (Wildman–Crippen MR) is 66.7 cm³/mol. The first-order chi connectivity index (χ1) is 8.20. The minimum absolute atomic E-state index is 0.361. The number of aromatic nitrogens is 1. The van der Waals surface area contributed by atoms with Crippen molar-refractivity contribution in [2.45, 2.75) is 52.0 Å². The summed E-state index contributed by atoms with van der Waals surface area (Å²) in [4.78, 5) is 8.88. The summed E-state index contributed by atoms with van der Waals surface area (Å²) < 4.78 is 5.52. The average Bonchev–Trinajstić information content (AvgIpc) is 2.67. The summed E-state index contributed by atoms with van der Waals surface area (Å²) in [7, 11) is 0. The van der Waals surface area contributed by atoms with Crippen LogP contribution in [0.25, 0.3) is 0 Å². The molecule has 94 valence electrons. The van der Waals surface area contributed by atoms with Gasteiger partial charge in [-0.3, -0.25) is 4.99 Å². The minimum Gasteiger partial charge on any atom is -0.437 e. The summed E-state index contributed by atoms with van der Waals surface area (Å²) in [5.74, 6) is 7.46. The summed E-state index contributed by atoms with van der Waals surface area (Å²) in [5.41, 5.74) is 3.46. The van der Waals surface area contributed by atoms with Crippen LogP contribution in [0.2, 0.25) is 0 Å². The van der Waals surface area contributed by atoms with E-state index in [4.69, 9.17) is 10.3 Å². The van der Waals surface area contributed by atoms with Crippen molar-refractivity contribution in [3.8, 4) is 0 Å². The number of hydrogen-bond acceptors (Lipinski definition) is 4. The molecule has 0 unspecified atom stereocenters. The fourth-order valence-corrected chi connectivity index (χ4v) is 2.31. The van der Waals surface area contributed by atoms with Gasteiger partial charge in [-0.2, -0.15) is 0 Å². The quantitative estimate of drug-likeness (QED) is 0.355. The van der Waals surface area contributed by atoms with E-state index >= 15 is 0 Å². The third kappa shape index (κ3) is 2.85. The third-order valence-electron chi connectivity index (χ3n) is 3.14. The van der Waals surface area contributed by atoms with E-state index in [1.165, 1.54) is 19.3 Å². The van der Waals surface area contributed by atoms with Gasteiger partial charge in [0.1, 0.15) is 0 Å². The number of hydrogen-bond donors (Lipinski definition) is 2. The Balaban J connectivity index is 2.20. The van der Waals surface area contributed by atoms with Crippen molar-refractivity contribution in [3.63, 3.8) is 0 Å². The summed E-state index contributed by atoms with van der Waals surface area (Å²) in [6.45, 7) is 3.73. The van der Waals surface area contributed by atoms with Crippen LogP contribution in [0, 0.1) is 13.8 Å². The molecule has 0 aromatic carbocycles. The van der Waals surface area contributed by atoms with Crippen molar-refractivity contribution in [2.24, 2.45) is 10.8 Å². The molecule has 0 spiro atoms. The normalized spacial score (nSPS) is 18.4. The average molecular weight is 236 g/mol. The topological polar surface area (TPSA) is 76.4 Å². The molecule has 17 heavy (non-hydrogen) atoms. The first-order valence-electron chi connectivity index (χ1n) is 6.19. The maximum atomic E-state index is 5.53. The van der Waals surface area contributed by atoms with E-state index in [1.807, 2.05) is 13.8 Å². The van der Waals surface area contributed by atoms with Gasteiger partial charge in [-0.25, -0.2) is 10.8 Å². The Hall–Kier alpha value is -1.36. The van der Waals surface area contributed by atoms with Gasteiger partial charge >= 0.3 is 0 Å². The van der Waals surface area contributed by atoms with Gasteiger partial charge in [0.05, 0.1) is 11.7 Å². The fourth-order valence-electron chi connectivity index (χ4n) is 2.31. The lowest BCUT2D eigenvalue weighted by atomic mass is 9.96. The van der Waals surface area contributed by atoms with Crippen LogP contribution in [0.15, 0.2) is 9.41 Å². The number of aryl methyl sites for hydroxylation is 2. The summed E-state index contributed by atoms with van der Waals surface area (Å²) >= 11 is 0. The predicted octanol–water partition coefficient (Wildman–Crippen LogP) is 1.83. The van der Waals surface area contributed by atoms with E-state index in [0.717, 1.165) is 18.5 Å². The number of rotatable bonds is 2. The van der Waals surface area contributed by atoms with Gasteiger partial charge in [0.15, 0.2) is 17.5 Å². The van der Waals surface area contributed by atoms with Crippen LogP contribution in [0.3, 0.4) is 0 Å². The molecule has 0 atom stereocenters. The molecule has 1 heterocycles. The smallest absolute Gasteiger partial charge is 0.193 e. The fraction of sp³-hybridized carbons (Fsp3) is 0.667. The molecule has 0 amide bonds. The zero-order chi connectivity index (χ0) is 12.3. The highest BCUT2D eigenvalue weighted by Crippen LogP contribution is 2.21. The third-order valence-corrected chi connectivity index (χ3v) is 3.14. The molecule has 1 aliphatic carbocycles. The maximum Gasteiger partial charge on any atom is 0.193 e. The van der Waals surface area contributed by atoms with Crippen LogP contribution in [-0.2, 0) is 0 Å². The second kappa shape index (κ2) is 5.31. The Kier molecular flexibility index (Phi) is 3.78. The second-order valence-electron chi connectivity index (χ2n) is 4.56. The van der Waals surface area contributed by atoms with E-state index in [9.17, 15) is 0 Å². The van der Waals surface area contributed by atoms with Crippen LogP contribution in [0.5, 0.6) is 0 Å². The zero-order valence-electron chi connectivity index (χ0n) is 10.5. The number of nitrogens with two attached hydrogens (primary N) is 1. The summed E-state index contributed by atoms with van der Waals surface area (Å²) in [6, 6.07) is 0.361.